The van der Waals surface area contributed by atoms with E-state index < -0.39 is 31.5 Å². The molecule has 0 saturated carbocycles. The van der Waals surface area contributed by atoms with Crippen molar-refractivity contribution in [1.29, 1.82) is 0 Å². The molecule has 4 aliphatic carbocycles. The van der Waals surface area contributed by atoms with Crippen molar-refractivity contribution < 1.29 is 26.4 Å². The molecule has 0 radical (unpaired) electrons. The van der Waals surface area contributed by atoms with Crippen LogP contribution in [-0.2, 0) is 70.8 Å². The van der Waals surface area contributed by atoms with Gasteiger partial charge in [-0.15, -0.1) is 0 Å². The van der Waals surface area contributed by atoms with Gasteiger partial charge in [0.2, 0.25) is 0 Å². The Labute approximate surface area is 326 Å². The fourth-order valence-electron chi connectivity index (χ4n) is 8.16. The summed E-state index contributed by atoms with van der Waals surface area (Å²) in [4.78, 5) is 26.5. The lowest BCUT2D eigenvalue weighted by Gasteiger charge is -2.17. The zero-order valence-corrected chi connectivity index (χ0v) is 34.5. The fourth-order valence-corrected chi connectivity index (χ4v) is 9.43. The van der Waals surface area contributed by atoms with E-state index in [1.165, 1.54) is 39.9 Å². The number of anilines is 2. The number of nitrogens with zero attached hydrogens (tertiary/aromatic N) is 1. The quantitative estimate of drug-likeness (QED) is 0.133. The summed E-state index contributed by atoms with van der Waals surface area (Å²) >= 11 is 0. The molecule has 0 atom stereocenters. The summed E-state index contributed by atoms with van der Waals surface area (Å²) in [5.41, 5.74) is 11.5. The number of urea groups is 2. The molecule has 2 aromatic carbocycles. The van der Waals surface area contributed by atoms with E-state index in [0.717, 1.165) is 126 Å². The molecule has 5 aliphatic rings. The summed E-state index contributed by atoms with van der Waals surface area (Å²) in [5, 5.41) is 8.80. The van der Waals surface area contributed by atoms with Crippen LogP contribution in [0.1, 0.15) is 111 Å². The first-order chi connectivity index (χ1) is 25.6. The minimum absolute atomic E-state index is 0.330. The molecule has 2 aromatic rings. The van der Waals surface area contributed by atoms with Crippen LogP contribution in [0.2, 0.25) is 0 Å². The van der Waals surface area contributed by atoms with Crippen LogP contribution >= 0.6 is 10.7 Å². The summed E-state index contributed by atoms with van der Waals surface area (Å²) in [5.74, 6) is 0.526. The summed E-state index contributed by atoms with van der Waals surface area (Å²) in [6.07, 6.45) is 13.9. The first-order valence-corrected chi connectivity index (χ1v) is 23.3. The number of carbonyl (C=O) groups is 2. The van der Waals surface area contributed by atoms with Crippen LogP contribution in [0.5, 0.6) is 0 Å². The SMILES string of the molecule is CC(C)CCCNS(=O)(=O)NC(=O)Nc1c2c(cc3c1CCC3)CCC2.CC(C)N1CCNC1.O=C(Nc1c2c(cc3c1CCC3)CCC2)NS(=O)(=O)Cl. The molecular formula is C38H58ClN7O6S2. The molecule has 7 rings (SSSR count). The van der Waals surface area contributed by atoms with Crippen LogP contribution in [0.4, 0.5) is 21.0 Å². The average Bonchev–Trinajstić information content (AvgIpc) is 3.92. The number of amides is 4. The number of carbonyl (C=O) groups excluding carboxylic acids is 2. The van der Waals surface area contributed by atoms with Crippen molar-refractivity contribution in [2.45, 2.75) is 124 Å². The highest BCUT2D eigenvalue weighted by molar-refractivity contribution is 8.12. The number of hydrogen-bond acceptors (Lipinski definition) is 8. The topological polar surface area (TPSA) is 178 Å². The van der Waals surface area contributed by atoms with Gasteiger partial charge in [0, 0.05) is 54.4 Å². The lowest BCUT2D eigenvalue weighted by atomic mass is 9.99. The monoisotopic (exact) mass is 807 g/mol. The van der Waals surface area contributed by atoms with Gasteiger partial charge >= 0.3 is 31.5 Å². The van der Waals surface area contributed by atoms with E-state index >= 15 is 0 Å². The Morgan fingerprint density at radius 3 is 1.52 bits per heavy atom. The van der Waals surface area contributed by atoms with Gasteiger partial charge in [-0.3, -0.25) is 4.90 Å². The molecule has 13 nitrogen and oxygen atoms in total. The summed E-state index contributed by atoms with van der Waals surface area (Å²) in [7, 11) is -2.87. The largest absolute Gasteiger partial charge is 0.333 e. The summed E-state index contributed by atoms with van der Waals surface area (Å²) in [6.45, 7) is 12.4. The third-order valence-electron chi connectivity index (χ3n) is 10.7. The Morgan fingerprint density at radius 2 is 1.17 bits per heavy atom. The predicted octanol–water partition coefficient (Wildman–Crippen LogP) is 5.58. The van der Waals surface area contributed by atoms with Crippen LogP contribution in [0, 0.1) is 5.92 Å². The number of rotatable bonds is 10. The van der Waals surface area contributed by atoms with E-state index in [4.69, 9.17) is 10.7 Å². The third kappa shape index (κ3) is 11.8. The van der Waals surface area contributed by atoms with Gasteiger partial charge in [-0.1, -0.05) is 26.0 Å². The normalized spacial score (nSPS) is 17.2. The molecule has 6 N–H and O–H groups in total. The van der Waals surface area contributed by atoms with E-state index in [-0.39, 0.29) is 0 Å². The number of aryl methyl sites for hydroxylation is 4. The first-order valence-electron chi connectivity index (χ1n) is 19.5. The van der Waals surface area contributed by atoms with Crippen molar-refractivity contribution >= 4 is 53.6 Å². The summed E-state index contributed by atoms with van der Waals surface area (Å²) < 4.78 is 52.2. The minimum atomic E-state index is -4.06. The van der Waals surface area contributed by atoms with E-state index in [1.54, 1.807) is 4.72 Å². The highest BCUT2D eigenvalue weighted by atomic mass is 35.7. The van der Waals surface area contributed by atoms with E-state index in [1.807, 2.05) is 0 Å². The number of benzene rings is 2. The van der Waals surface area contributed by atoms with Gasteiger partial charge in [0.25, 0.3) is 0 Å². The van der Waals surface area contributed by atoms with Crippen molar-refractivity contribution in [2.75, 3.05) is 36.9 Å². The van der Waals surface area contributed by atoms with Gasteiger partial charge in [-0.25, -0.2) is 19.0 Å². The van der Waals surface area contributed by atoms with Crippen LogP contribution in [-0.4, -0.2) is 66.1 Å². The Morgan fingerprint density at radius 1 is 0.722 bits per heavy atom. The van der Waals surface area contributed by atoms with E-state index in [9.17, 15) is 26.4 Å². The van der Waals surface area contributed by atoms with Crippen molar-refractivity contribution in [3.05, 3.63) is 56.6 Å². The standard InChI is InChI=1S/C19H29N3O3S.C13H15ClN2O3S.C6H14N2/c1-13(2)6-5-11-20-26(24,25)22-19(23)21-18-16-9-3-7-14(16)12-15-8-4-10-17(15)18;14-20(18,19)16-13(17)15-12-10-5-1-3-8(10)7-9-4-2-6-11(9)12;1-6(2)8-4-3-7-5-8/h12-13,20H,3-11H2,1-2H3,(H2,21,22,23);7H,1-6H2,(H2,15,16,17);6-7H,3-5H2,1-2H3. The molecule has 1 fully saturated rings. The second kappa shape index (κ2) is 18.8. The Hall–Kier alpha value is -2.95. The van der Waals surface area contributed by atoms with Crippen molar-refractivity contribution in [2.24, 2.45) is 5.92 Å². The molecule has 1 saturated heterocycles. The van der Waals surface area contributed by atoms with Crippen LogP contribution in [0.15, 0.2) is 12.1 Å². The molecular weight excluding hydrogens is 750 g/mol. The maximum Gasteiger partial charge on any atom is 0.333 e. The summed E-state index contributed by atoms with van der Waals surface area (Å²) in [6, 6.07) is 3.75. The molecule has 0 unspecified atom stereocenters. The van der Waals surface area contributed by atoms with E-state index in [0.29, 0.717) is 18.5 Å². The number of nitrogens with one attached hydrogen (secondary N) is 6. The first kappa shape index (κ1) is 42.2. The molecule has 0 bridgehead atoms. The van der Waals surface area contributed by atoms with Crippen LogP contribution in [0.3, 0.4) is 0 Å². The zero-order valence-electron chi connectivity index (χ0n) is 32.1. The van der Waals surface area contributed by atoms with Crippen LogP contribution in [0.25, 0.3) is 0 Å². The van der Waals surface area contributed by atoms with Crippen LogP contribution < -0.4 is 30.1 Å². The van der Waals surface area contributed by atoms with Crippen molar-refractivity contribution in [1.82, 2.24) is 24.4 Å². The number of fused-ring (bicyclic) bond motifs is 4. The minimum Gasteiger partial charge on any atom is -0.307 e. The van der Waals surface area contributed by atoms with Crippen molar-refractivity contribution in [3.8, 4) is 0 Å². The molecule has 1 heterocycles. The van der Waals surface area contributed by atoms with Gasteiger partial charge in [0.05, 0.1) is 0 Å². The zero-order chi connectivity index (χ0) is 39.0. The van der Waals surface area contributed by atoms with Crippen molar-refractivity contribution in [3.63, 3.8) is 0 Å². The molecule has 300 valence electrons. The average molecular weight is 809 g/mol. The Bertz CT molecular complexity index is 1830. The maximum absolute atomic E-state index is 12.3. The lowest BCUT2D eigenvalue weighted by Crippen LogP contribution is -2.43. The number of halogens is 1. The fraction of sp³-hybridized carbons (Fsp3) is 0.632. The van der Waals surface area contributed by atoms with Gasteiger partial charge in [-0.05, 0) is 154 Å². The van der Waals surface area contributed by atoms with Gasteiger partial charge in [0.15, 0.2) is 0 Å². The molecule has 54 heavy (non-hydrogen) atoms. The Balaban J connectivity index is 0.000000176. The smallest absolute Gasteiger partial charge is 0.307 e. The lowest BCUT2D eigenvalue weighted by molar-refractivity contribution is 0.255. The van der Waals surface area contributed by atoms with Gasteiger partial charge in [-0.2, -0.15) is 21.6 Å². The maximum atomic E-state index is 12.3. The molecule has 16 heteroatoms. The Kier molecular flexibility index (Phi) is 14.7. The third-order valence-corrected chi connectivity index (χ3v) is 12.4. The molecule has 0 aromatic heterocycles. The van der Waals surface area contributed by atoms with Gasteiger partial charge < -0.3 is 16.0 Å². The highest BCUT2D eigenvalue weighted by Gasteiger charge is 2.27. The predicted molar refractivity (Wildman–Crippen MR) is 216 cm³/mol. The number of hydrogen-bond donors (Lipinski definition) is 6. The van der Waals surface area contributed by atoms with Gasteiger partial charge in [0.1, 0.15) is 0 Å². The molecule has 1 aliphatic heterocycles. The highest BCUT2D eigenvalue weighted by Crippen LogP contribution is 2.39. The second-order valence-corrected chi connectivity index (χ2v) is 19.3. The molecule has 0 spiro atoms. The second-order valence-electron chi connectivity index (χ2n) is 15.5. The molecule has 4 amide bonds. The van der Waals surface area contributed by atoms with E-state index in [2.05, 4.69) is 70.1 Å².